The van der Waals surface area contributed by atoms with Crippen molar-refractivity contribution in [2.75, 3.05) is 20.3 Å². The Morgan fingerprint density at radius 2 is 1.92 bits per heavy atom. The fourth-order valence-corrected chi connectivity index (χ4v) is 2.69. The highest BCUT2D eigenvalue weighted by atomic mass is 16.5. The summed E-state index contributed by atoms with van der Waals surface area (Å²) >= 11 is 0. The molecule has 0 bridgehead atoms. The van der Waals surface area contributed by atoms with Gasteiger partial charge >= 0.3 is 5.97 Å². The minimum atomic E-state index is -0.460. The summed E-state index contributed by atoms with van der Waals surface area (Å²) in [5.41, 5.74) is 2.63. The van der Waals surface area contributed by atoms with Gasteiger partial charge in [-0.05, 0) is 23.3 Å². The van der Waals surface area contributed by atoms with E-state index < -0.39 is 5.97 Å². The van der Waals surface area contributed by atoms with Crippen molar-refractivity contribution >= 4 is 17.6 Å². The van der Waals surface area contributed by atoms with Crippen LogP contribution in [0.4, 0.5) is 0 Å². The third-order valence-electron chi connectivity index (χ3n) is 4.04. The molecule has 0 aromatic heterocycles. The molecular weight excluding hydrogens is 332 g/mol. The highest BCUT2D eigenvalue weighted by Gasteiger charge is 2.22. The molecule has 0 saturated heterocycles. The Hall–Kier alpha value is -3.15. The molecule has 2 aromatic carbocycles. The van der Waals surface area contributed by atoms with E-state index in [1.165, 1.54) is 5.01 Å². The predicted molar refractivity (Wildman–Crippen MR) is 97.0 cm³/mol. The van der Waals surface area contributed by atoms with Crippen molar-refractivity contribution in [1.82, 2.24) is 5.01 Å². The van der Waals surface area contributed by atoms with E-state index in [-0.39, 0.29) is 18.9 Å². The number of esters is 1. The summed E-state index contributed by atoms with van der Waals surface area (Å²) in [5, 5.41) is 5.70. The Balaban J connectivity index is 1.51. The maximum Gasteiger partial charge on any atom is 0.310 e. The molecule has 0 aliphatic carbocycles. The third-order valence-corrected chi connectivity index (χ3v) is 4.04. The van der Waals surface area contributed by atoms with Crippen LogP contribution in [-0.2, 0) is 20.7 Å². The van der Waals surface area contributed by atoms with E-state index in [1.807, 2.05) is 36.4 Å². The van der Waals surface area contributed by atoms with Crippen LogP contribution < -0.4 is 4.74 Å². The third kappa shape index (κ3) is 4.47. The fourth-order valence-electron chi connectivity index (χ4n) is 2.69. The van der Waals surface area contributed by atoms with Gasteiger partial charge < -0.3 is 9.47 Å². The Kier molecular flexibility index (Phi) is 5.63. The summed E-state index contributed by atoms with van der Waals surface area (Å²) in [5.74, 6) is -0.112. The summed E-state index contributed by atoms with van der Waals surface area (Å²) in [7, 11) is 1.57. The first-order chi connectivity index (χ1) is 12.7. The number of rotatable bonds is 6. The Labute approximate surface area is 152 Å². The summed E-state index contributed by atoms with van der Waals surface area (Å²) < 4.78 is 10.2. The second kappa shape index (κ2) is 8.29. The first-order valence-electron chi connectivity index (χ1n) is 8.37. The van der Waals surface area contributed by atoms with Gasteiger partial charge in [-0.15, -0.1) is 0 Å². The molecule has 26 heavy (non-hydrogen) atoms. The van der Waals surface area contributed by atoms with Crippen LogP contribution in [0, 0.1) is 0 Å². The average molecular weight is 352 g/mol. The van der Waals surface area contributed by atoms with Gasteiger partial charge in [0, 0.05) is 6.42 Å². The lowest BCUT2D eigenvalue weighted by molar-refractivity contribution is -0.151. The predicted octanol–water partition coefficient (Wildman–Crippen LogP) is 2.42. The molecule has 0 atom stereocenters. The number of hydrazone groups is 1. The Morgan fingerprint density at radius 3 is 2.69 bits per heavy atom. The van der Waals surface area contributed by atoms with Crippen LogP contribution in [0.3, 0.4) is 0 Å². The fraction of sp³-hybridized carbons (Fsp3) is 0.250. The molecule has 6 nitrogen and oxygen atoms in total. The second-order valence-corrected chi connectivity index (χ2v) is 5.87. The molecule has 0 radical (unpaired) electrons. The van der Waals surface area contributed by atoms with Crippen molar-refractivity contribution in [3.63, 3.8) is 0 Å². The SMILES string of the molecule is COc1cccc(CC(=O)OCC(=O)N2CCC(c3ccccc3)=N2)c1. The molecule has 1 heterocycles. The maximum atomic E-state index is 12.2. The minimum absolute atomic E-state index is 0.0863. The second-order valence-electron chi connectivity index (χ2n) is 5.87. The van der Waals surface area contributed by atoms with Crippen LogP contribution in [0.1, 0.15) is 17.5 Å². The number of carbonyl (C=O) groups is 2. The molecule has 0 N–H and O–H groups in total. The number of benzene rings is 2. The monoisotopic (exact) mass is 352 g/mol. The standard InChI is InChI=1S/C20H20N2O4/c1-25-17-9-5-6-15(12-17)13-20(24)26-14-19(23)22-11-10-18(21-22)16-7-3-2-4-8-16/h2-9,12H,10-11,13-14H2,1H3. The van der Waals surface area contributed by atoms with Crippen LogP contribution in [0.25, 0.3) is 0 Å². The smallest absolute Gasteiger partial charge is 0.310 e. The molecule has 0 saturated carbocycles. The number of hydrogen-bond donors (Lipinski definition) is 0. The zero-order valence-electron chi connectivity index (χ0n) is 14.6. The molecule has 134 valence electrons. The van der Waals surface area contributed by atoms with Crippen molar-refractivity contribution < 1.29 is 19.1 Å². The van der Waals surface area contributed by atoms with Gasteiger partial charge in [-0.25, -0.2) is 5.01 Å². The quantitative estimate of drug-likeness (QED) is 0.749. The molecule has 3 rings (SSSR count). The lowest BCUT2D eigenvalue weighted by Gasteiger charge is -2.11. The van der Waals surface area contributed by atoms with E-state index in [9.17, 15) is 9.59 Å². The Morgan fingerprint density at radius 1 is 1.12 bits per heavy atom. The van der Waals surface area contributed by atoms with Gasteiger partial charge in [-0.2, -0.15) is 5.10 Å². The number of nitrogens with zero attached hydrogens (tertiary/aromatic N) is 2. The number of amides is 1. The van der Waals surface area contributed by atoms with Crippen LogP contribution in [0.5, 0.6) is 5.75 Å². The molecule has 6 heteroatoms. The highest BCUT2D eigenvalue weighted by Crippen LogP contribution is 2.15. The van der Waals surface area contributed by atoms with Crippen molar-refractivity contribution in [2.45, 2.75) is 12.8 Å². The van der Waals surface area contributed by atoms with E-state index in [0.29, 0.717) is 18.7 Å². The lowest BCUT2D eigenvalue weighted by atomic mass is 10.1. The molecule has 1 aliphatic rings. The van der Waals surface area contributed by atoms with Crippen LogP contribution in [0.15, 0.2) is 59.7 Å². The number of methoxy groups -OCH3 is 1. The minimum Gasteiger partial charge on any atom is -0.497 e. The van der Waals surface area contributed by atoms with Gasteiger partial charge in [-0.1, -0.05) is 42.5 Å². The first-order valence-corrected chi connectivity index (χ1v) is 8.37. The molecule has 0 fully saturated rings. The van der Waals surface area contributed by atoms with Crippen LogP contribution in [0.2, 0.25) is 0 Å². The van der Waals surface area contributed by atoms with E-state index in [2.05, 4.69) is 5.10 Å². The number of ether oxygens (including phenoxy) is 2. The van der Waals surface area contributed by atoms with Gasteiger partial charge in [0.25, 0.3) is 5.91 Å². The van der Waals surface area contributed by atoms with E-state index in [4.69, 9.17) is 9.47 Å². The summed E-state index contributed by atoms with van der Waals surface area (Å²) in [6.45, 7) is 0.185. The number of carbonyl (C=O) groups excluding carboxylic acids is 2. The topological polar surface area (TPSA) is 68.2 Å². The molecule has 0 spiro atoms. The zero-order chi connectivity index (χ0) is 18.4. The van der Waals surface area contributed by atoms with Crippen molar-refractivity contribution in [3.05, 3.63) is 65.7 Å². The molecule has 1 amide bonds. The first kappa shape index (κ1) is 17.7. The highest BCUT2D eigenvalue weighted by molar-refractivity contribution is 6.02. The van der Waals surface area contributed by atoms with Gasteiger partial charge in [-0.3, -0.25) is 9.59 Å². The lowest BCUT2D eigenvalue weighted by Crippen LogP contribution is -2.29. The summed E-state index contributed by atoms with van der Waals surface area (Å²) in [6, 6.07) is 16.9. The van der Waals surface area contributed by atoms with Crippen molar-refractivity contribution in [2.24, 2.45) is 5.10 Å². The molecule has 0 unspecified atom stereocenters. The zero-order valence-corrected chi connectivity index (χ0v) is 14.6. The molecular formula is C20H20N2O4. The maximum absolute atomic E-state index is 12.2. The summed E-state index contributed by atoms with van der Waals surface area (Å²) in [6.07, 6.45) is 0.774. The van der Waals surface area contributed by atoms with Crippen molar-refractivity contribution in [3.8, 4) is 5.75 Å². The van der Waals surface area contributed by atoms with E-state index in [1.54, 1.807) is 25.3 Å². The van der Waals surface area contributed by atoms with E-state index in [0.717, 1.165) is 16.8 Å². The van der Waals surface area contributed by atoms with E-state index >= 15 is 0 Å². The number of hydrogen-bond acceptors (Lipinski definition) is 5. The summed E-state index contributed by atoms with van der Waals surface area (Å²) in [4.78, 5) is 24.1. The van der Waals surface area contributed by atoms with Crippen molar-refractivity contribution in [1.29, 1.82) is 0 Å². The van der Waals surface area contributed by atoms with Crippen LogP contribution in [-0.4, -0.2) is 42.9 Å². The largest absolute Gasteiger partial charge is 0.497 e. The van der Waals surface area contributed by atoms with Crippen LogP contribution >= 0.6 is 0 Å². The van der Waals surface area contributed by atoms with Gasteiger partial charge in [0.15, 0.2) is 6.61 Å². The normalized spacial score (nSPS) is 13.3. The Bertz CT molecular complexity index is 818. The van der Waals surface area contributed by atoms with Gasteiger partial charge in [0.1, 0.15) is 5.75 Å². The average Bonchev–Trinajstić information content (AvgIpc) is 3.17. The molecule has 1 aliphatic heterocycles. The van der Waals surface area contributed by atoms with Gasteiger partial charge in [0.2, 0.25) is 0 Å². The molecule has 2 aromatic rings. The van der Waals surface area contributed by atoms with Gasteiger partial charge in [0.05, 0.1) is 25.8 Å².